The number of methoxy groups -OCH3 is 1. The zero-order valence-corrected chi connectivity index (χ0v) is 16.2. The number of ether oxygens (including phenoxy) is 1. The maximum Gasteiger partial charge on any atom is 0.239 e. The molecule has 27 heavy (non-hydrogen) atoms. The van der Waals surface area contributed by atoms with Crippen molar-refractivity contribution in [1.29, 1.82) is 0 Å². The average Bonchev–Trinajstić information content (AvgIpc) is 2.63. The fourth-order valence-corrected chi connectivity index (χ4v) is 2.52. The maximum atomic E-state index is 12.9. The van der Waals surface area contributed by atoms with Crippen LogP contribution in [0.5, 0.6) is 5.75 Å². The van der Waals surface area contributed by atoms with Crippen LogP contribution in [0.15, 0.2) is 42.5 Å². The van der Waals surface area contributed by atoms with Gasteiger partial charge in [0.2, 0.25) is 11.8 Å². The number of hydrogen-bond acceptors (Lipinski definition) is 3. The monoisotopic (exact) mass is 392 g/mol. The van der Waals surface area contributed by atoms with Gasteiger partial charge in [0.15, 0.2) is 0 Å². The summed E-state index contributed by atoms with van der Waals surface area (Å²) >= 11 is 5.96. The Labute approximate surface area is 162 Å². The molecule has 2 rings (SSSR count). The van der Waals surface area contributed by atoms with Gasteiger partial charge in [-0.25, -0.2) is 4.39 Å². The SMILES string of the molecule is COc1ccc(Cl)cc1NC(=O)C(C)(C)C(=O)NCCc1ccc(F)cc1. The Hall–Kier alpha value is -2.60. The molecule has 0 aromatic heterocycles. The summed E-state index contributed by atoms with van der Waals surface area (Å²) in [6.07, 6.45) is 0.534. The van der Waals surface area contributed by atoms with Crippen LogP contribution in [0.2, 0.25) is 5.02 Å². The van der Waals surface area contributed by atoms with E-state index in [1.165, 1.54) is 33.1 Å². The first-order valence-electron chi connectivity index (χ1n) is 8.42. The van der Waals surface area contributed by atoms with Gasteiger partial charge in [0.25, 0.3) is 0 Å². The lowest BCUT2D eigenvalue weighted by molar-refractivity contribution is -0.138. The normalized spacial score (nSPS) is 11.0. The number of carbonyl (C=O) groups is 2. The van der Waals surface area contributed by atoms with Crippen molar-refractivity contribution in [1.82, 2.24) is 5.32 Å². The summed E-state index contributed by atoms with van der Waals surface area (Å²) in [5.74, 6) is -0.761. The molecule has 2 aromatic carbocycles. The number of benzene rings is 2. The second kappa shape index (κ2) is 8.86. The molecule has 2 N–H and O–H groups in total. The molecule has 0 saturated heterocycles. The molecule has 2 amide bonds. The Bertz CT molecular complexity index is 822. The first-order valence-corrected chi connectivity index (χ1v) is 8.79. The number of amides is 2. The van der Waals surface area contributed by atoms with Gasteiger partial charge in [-0.05, 0) is 56.2 Å². The van der Waals surface area contributed by atoms with E-state index >= 15 is 0 Å². The molecule has 5 nitrogen and oxygen atoms in total. The first kappa shape index (κ1) is 20.7. The van der Waals surface area contributed by atoms with E-state index < -0.39 is 17.2 Å². The highest BCUT2D eigenvalue weighted by Crippen LogP contribution is 2.29. The van der Waals surface area contributed by atoms with Crippen molar-refractivity contribution in [3.05, 3.63) is 58.9 Å². The molecule has 2 aromatic rings. The van der Waals surface area contributed by atoms with Crippen LogP contribution in [0, 0.1) is 11.2 Å². The summed E-state index contributed by atoms with van der Waals surface area (Å²) in [6.45, 7) is 3.40. The predicted molar refractivity (Wildman–Crippen MR) is 104 cm³/mol. The molecule has 0 aliphatic heterocycles. The lowest BCUT2D eigenvalue weighted by atomic mass is 9.90. The van der Waals surface area contributed by atoms with Crippen LogP contribution >= 0.6 is 11.6 Å². The molecule has 0 fully saturated rings. The smallest absolute Gasteiger partial charge is 0.239 e. The maximum absolute atomic E-state index is 12.9. The summed E-state index contributed by atoms with van der Waals surface area (Å²) in [5, 5.41) is 5.87. The molecule has 7 heteroatoms. The van der Waals surface area contributed by atoms with Crippen LogP contribution in [0.25, 0.3) is 0 Å². The third-order valence-corrected chi connectivity index (χ3v) is 4.39. The zero-order valence-electron chi connectivity index (χ0n) is 15.4. The molecule has 0 aliphatic carbocycles. The van der Waals surface area contributed by atoms with Crippen molar-refractivity contribution in [3.8, 4) is 5.75 Å². The first-order chi connectivity index (χ1) is 12.7. The van der Waals surface area contributed by atoms with Gasteiger partial charge in [-0.1, -0.05) is 23.7 Å². The lowest BCUT2D eigenvalue weighted by Gasteiger charge is -2.23. The highest BCUT2D eigenvalue weighted by Gasteiger charge is 2.36. The number of nitrogens with one attached hydrogen (secondary N) is 2. The molecule has 0 aliphatic rings. The summed E-state index contributed by atoms with van der Waals surface area (Å²) < 4.78 is 18.1. The Morgan fingerprint density at radius 1 is 1.11 bits per heavy atom. The van der Waals surface area contributed by atoms with Crippen molar-refractivity contribution < 1.29 is 18.7 Å². The van der Waals surface area contributed by atoms with E-state index in [9.17, 15) is 14.0 Å². The van der Waals surface area contributed by atoms with E-state index in [0.29, 0.717) is 29.4 Å². The van der Waals surface area contributed by atoms with Crippen LogP contribution in [-0.2, 0) is 16.0 Å². The van der Waals surface area contributed by atoms with Crippen LogP contribution in [0.4, 0.5) is 10.1 Å². The molecular weight excluding hydrogens is 371 g/mol. The molecular formula is C20H22ClFN2O3. The summed E-state index contributed by atoms with van der Waals surface area (Å²) in [7, 11) is 1.48. The van der Waals surface area contributed by atoms with Crippen LogP contribution < -0.4 is 15.4 Å². The molecule has 0 unspecified atom stereocenters. The Balaban J connectivity index is 1.97. The van der Waals surface area contributed by atoms with E-state index in [-0.39, 0.29) is 5.82 Å². The second-order valence-electron chi connectivity index (χ2n) is 6.56. The minimum absolute atomic E-state index is 0.308. The van der Waals surface area contributed by atoms with E-state index in [1.807, 2.05) is 0 Å². The van der Waals surface area contributed by atoms with Gasteiger partial charge in [0.1, 0.15) is 17.0 Å². The highest BCUT2D eigenvalue weighted by molar-refractivity contribution is 6.31. The summed E-state index contributed by atoms with van der Waals surface area (Å²) in [4.78, 5) is 25.1. The van der Waals surface area contributed by atoms with Crippen molar-refractivity contribution in [2.45, 2.75) is 20.3 Å². The molecule has 0 atom stereocenters. The van der Waals surface area contributed by atoms with Crippen LogP contribution in [0.1, 0.15) is 19.4 Å². The lowest BCUT2D eigenvalue weighted by Crippen LogP contribution is -2.45. The topological polar surface area (TPSA) is 67.4 Å². The van der Waals surface area contributed by atoms with Crippen molar-refractivity contribution in [2.75, 3.05) is 19.0 Å². The molecule has 0 saturated carbocycles. The molecule has 0 spiro atoms. The van der Waals surface area contributed by atoms with E-state index in [0.717, 1.165) is 5.56 Å². The quantitative estimate of drug-likeness (QED) is 0.704. The van der Waals surface area contributed by atoms with E-state index in [2.05, 4.69) is 10.6 Å². The third-order valence-electron chi connectivity index (χ3n) is 4.16. The Morgan fingerprint density at radius 3 is 2.41 bits per heavy atom. The second-order valence-corrected chi connectivity index (χ2v) is 6.99. The van der Waals surface area contributed by atoms with Gasteiger partial charge in [0, 0.05) is 11.6 Å². The van der Waals surface area contributed by atoms with Gasteiger partial charge < -0.3 is 15.4 Å². The minimum Gasteiger partial charge on any atom is -0.495 e. The number of rotatable bonds is 7. The molecule has 0 radical (unpaired) electrons. The predicted octanol–water partition coefficient (Wildman–Crippen LogP) is 3.81. The van der Waals surface area contributed by atoms with Gasteiger partial charge in [-0.15, -0.1) is 0 Å². The minimum atomic E-state index is -1.31. The fourth-order valence-electron chi connectivity index (χ4n) is 2.35. The largest absolute Gasteiger partial charge is 0.495 e. The average molecular weight is 393 g/mol. The third kappa shape index (κ3) is 5.44. The molecule has 0 heterocycles. The van der Waals surface area contributed by atoms with E-state index in [4.69, 9.17) is 16.3 Å². The van der Waals surface area contributed by atoms with E-state index in [1.54, 1.807) is 30.3 Å². The molecule has 0 bridgehead atoms. The summed E-state index contributed by atoms with van der Waals surface area (Å²) in [6, 6.07) is 10.9. The highest BCUT2D eigenvalue weighted by atomic mass is 35.5. The number of hydrogen-bond donors (Lipinski definition) is 2. The number of carbonyl (C=O) groups excluding carboxylic acids is 2. The van der Waals surface area contributed by atoms with Gasteiger partial charge >= 0.3 is 0 Å². The van der Waals surface area contributed by atoms with Crippen LogP contribution in [0.3, 0.4) is 0 Å². The number of halogens is 2. The van der Waals surface area contributed by atoms with Gasteiger partial charge in [0.05, 0.1) is 12.8 Å². The van der Waals surface area contributed by atoms with Gasteiger partial charge in [-0.2, -0.15) is 0 Å². The van der Waals surface area contributed by atoms with Gasteiger partial charge in [-0.3, -0.25) is 9.59 Å². The Morgan fingerprint density at radius 2 is 1.78 bits per heavy atom. The van der Waals surface area contributed by atoms with Crippen molar-refractivity contribution >= 4 is 29.1 Å². The van der Waals surface area contributed by atoms with Crippen LogP contribution in [-0.4, -0.2) is 25.5 Å². The number of anilines is 1. The van der Waals surface area contributed by atoms with Crippen molar-refractivity contribution in [2.24, 2.45) is 5.41 Å². The summed E-state index contributed by atoms with van der Waals surface area (Å²) in [5.41, 5.74) is -0.0272. The molecule has 144 valence electrons. The zero-order chi connectivity index (χ0) is 20.0. The fraction of sp³-hybridized carbons (Fsp3) is 0.300. The Kier molecular flexibility index (Phi) is 6.80. The van der Waals surface area contributed by atoms with Crippen molar-refractivity contribution in [3.63, 3.8) is 0 Å². The standard InChI is InChI=1S/C20H22ClFN2O3/c1-20(2,18(25)23-11-10-13-4-7-15(22)8-5-13)19(26)24-16-12-14(21)6-9-17(16)27-3/h4-9,12H,10-11H2,1-3H3,(H,23,25)(H,24,26).